The number of ketones is 1. The van der Waals surface area contributed by atoms with Crippen LogP contribution in [0.25, 0.3) is 0 Å². The summed E-state index contributed by atoms with van der Waals surface area (Å²) >= 11 is 1.65. The largest absolute Gasteiger partial charge is 0.468 e. The second kappa shape index (κ2) is 7.20. The van der Waals surface area contributed by atoms with Crippen LogP contribution in [-0.2, 0) is 23.9 Å². The second-order valence-corrected chi connectivity index (χ2v) is 7.77. The Morgan fingerprint density at radius 2 is 1.80 bits per heavy atom. The summed E-state index contributed by atoms with van der Waals surface area (Å²) in [6.45, 7) is 0. The van der Waals surface area contributed by atoms with Gasteiger partial charge in [0.15, 0.2) is 5.41 Å². The lowest BCUT2D eigenvalue weighted by molar-refractivity contribution is -0.172. The number of benzene rings is 1. The monoisotopic (exact) mass is 362 g/mol. The summed E-state index contributed by atoms with van der Waals surface area (Å²) in [5.41, 5.74) is -1.34. The van der Waals surface area contributed by atoms with Gasteiger partial charge in [0.25, 0.3) is 0 Å². The maximum absolute atomic E-state index is 12.6. The molecule has 0 spiro atoms. The maximum Gasteiger partial charge on any atom is 0.323 e. The van der Waals surface area contributed by atoms with Gasteiger partial charge in [-0.1, -0.05) is 18.2 Å². The fraction of sp³-hybridized carbons (Fsp3) is 0.526. The SMILES string of the molecule is COC(=O)C1(C(=O)OC)CC(CSc2ccccc2)[C@@H]2C(=O)CC[C@@H]21. The Labute approximate surface area is 151 Å². The van der Waals surface area contributed by atoms with Crippen LogP contribution in [-0.4, -0.2) is 37.7 Å². The smallest absolute Gasteiger partial charge is 0.323 e. The Balaban J connectivity index is 1.88. The van der Waals surface area contributed by atoms with Crippen LogP contribution in [0.4, 0.5) is 0 Å². The van der Waals surface area contributed by atoms with Gasteiger partial charge in [0.2, 0.25) is 0 Å². The molecule has 0 amide bonds. The van der Waals surface area contributed by atoms with Gasteiger partial charge >= 0.3 is 11.9 Å². The average molecular weight is 362 g/mol. The van der Waals surface area contributed by atoms with Crippen molar-refractivity contribution in [3.8, 4) is 0 Å². The van der Waals surface area contributed by atoms with Gasteiger partial charge in [-0.2, -0.15) is 0 Å². The van der Waals surface area contributed by atoms with Gasteiger partial charge in [-0.3, -0.25) is 14.4 Å². The zero-order valence-corrected chi connectivity index (χ0v) is 15.2. The first kappa shape index (κ1) is 18.0. The molecule has 0 saturated heterocycles. The van der Waals surface area contributed by atoms with E-state index in [0.29, 0.717) is 25.0 Å². The molecule has 1 unspecified atom stereocenters. The molecule has 0 aromatic heterocycles. The van der Waals surface area contributed by atoms with Gasteiger partial charge < -0.3 is 9.47 Å². The number of carbonyl (C=O) groups is 3. The Bertz CT molecular complexity index is 656. The fourth-order valence-electron chi connectivity index (χ4n) is 4.50. The van der Waals surface area contributed by atoms with E-state index in [1.165, 1.54) is 14.2 Å². The number of carbonyl (C=O) groups excluding carboxylic acids is 3. The van der Waals surface area contributed by atoms with Crippen LogP contribution in [0.3, 0.4) is 0 Å². The highest BCUT2D eigenvalue weighted by Gasteiger charge is 2.66. The topological polar surface area (TPSA) is 69.7 Å². The van der Waals surface area contributed by atoms with E-state index >= 15 is 0 Å². The van der Waals surface area contributed by atoms with E-state index in [1.807, 2.05) is 30.3 Å². The van der Waals surface area contributed by atoms with Crippen LogP contribution in [0.1, 0.15) is 19.3 Å². The molecule has 1 aromatic carbocycles. The summed E-state index contributed by atoms with van der Waals surface area (Å²) in [7, 11) is 2.57. The van der Waals surface area contributed by atoms with Crippen molar-refractivity contribution >= 4 is 29.5 Å². The summed E-state index contributed by atoms with van der Waals surface area (Å²) in [6.07, 6.45) is 1.27. The number of methoxy groups -OCH3 is 2. The standard InChI is InChI=1S/C19H22O5S/c1-23-17(21)19(18(22)24-2)10-12(16-14(19)8-9-15(16)20)11-25-13-6-4-3-5-7-13/h3-7,12,14,16H,8-11H2,1-2H3/t12?,14-,16-/m0/s1. The normalized spacial score (nSPS) is 27.0. The molecule has 2 saturated carbocycles. The molecule has 2 aliphatic rings. The summed E-state index contributed by atoms with van der Waals surface area (Å²) < 4.78 is 9.91. The van der Waals surface area contributed by atoms with Crippen molar-refractivity contribution in [3.63, 3.8) is 0 Å². The van der Waals surface area contributed by atoms with Gasteiger partial charge in [-0.05, 0) is 36.8 Å². The average Bonchev–Trinajstić information content (AvgIpc) is 3.19. The van der Waals surface area contributed by atoms with Crippen LogP contribution in [0.2, 0.25) is 0 Å². The van der Waals surface area contributed by atoms with E-state index in [1.54, 1.807) is 11.8 Å². The predicted octanol–water partition coefficient (Wildman–Crippen LogP) is 2.73. The molecule has 2 fully saturated rings. The molecule has 0 N–H and O–H groups in total. The quantitative estimate of drug-likeness (QED) is 0.456. The zero-order chi connectivity index (χ0) is 18.0. The van der Waals surface area contributed by atoms with Crippen molar-refractivity contribution in [1.29, 1.82) is 0 Å². The van der Waals surface area contributed by atoms with Gasteiger partial charge in [0.05, 0.1) is 14.2 Å². The summed E-state index contributed by atoms with van der Waals surface area (Å²) in [6, 6.07) is 9.92. The number of fused-ring (bicyclic) bond motifs is 1. The lowest BCUT2D eigenvalue weighted by Gasteiger charge is -2.28. The van der Waals surface area contributed by atoms with Crippen molar-refractivity contribution < 1.29 is 23.9 Å². The Morgan fingerprint density at radius 1 is 1.16 bits per heavy atom. The zero-order valence-electron chi connectivity index (χ0n) is 14.4. The Kier molecular flexibility index (Phi) is 5.18. The molecular weight excluding hydrogens is 340 g/mol. The summed E-state index contributed by atoms with van der Waals surface area (Å²) in [4.78, 5) is 38.7. The van der Waals surface area contributed by atoms with Crippen LogP contribution >= 0.6 is 11.8 Å². The van der Waals surface area contributed by atoms with Gasteiger partial charge in [0, 0.05) is 23.0 Å². The van der Waals surface area contributed by atoms with Crippen molar-refractivity contribution in [1.82, 2.24) is 0 Å². The van der Waals surface area contributed by atoms with E-state index in [9.17, 15) is 14.4 Å². The molecule has 134 valence electrons. The van der Waals surface area contributed by atoms with Crippen LogP contribution in [0.15, 0.2) is 35.2 Å². The van der Waals surface area contributed by atoms with E-state index < -0.39 is 17.4 Å². The third kappa shape index (κ3) is 2.97. The third-order valence-electron chi connectivity index (χ3n) is 5.54. The molecule has 0 heterocycles. The van der Waals surface area contributed by atoms with Crippen molar-refractivity contribution in [2.75, 3.05) is 20.0 Å². The Morgan fingerprint density at radius 3 is 2.40 bits per heavy atom. The van der Waals surface area contributed by atoms with Crippen LogP contribution in [0, 0.1) is 23.2 Å². The highest BCUT2D eigenvalue weighted by atomic mass is 32.2. The van der Waals surface area contributed by atoms with Crippen molar-refractivity contribution in [2.45, 2.75) is 24.2 Å². The van der Waals surface area contributed by atoms with E-state index in [0.717, 1.165) is 4.90 Å². The second-order valence-electron chi connectivity index (χ2n) is 6.68. The highest BCUT2D eigenvalue weighted by molar-refractivity contribution is 7.99. The van der Waals surface area contributed by atoms with Gasteiger partial charge in [0.1, 0.15) is 5.78 Å². The molecule has 5 nitrogen and oxygen atoms in total. The van der Waals surface area contributed by atoms with E-state index in [4.69, 9.17) is 9.47 Å². The summed E-state index contributed by atoms with van der Waals surface area (Å²) in [5, 5.41) is 0. The molecule has 0 radical (unpaired) electrons. The minimum absolute atomic E-state index is 0.0385. The molecule has 0 aliphatic heterocycles. The number of rotatable bonds is 5. The molecule has 25 heavy (non-hydrogen) atoms. The number of hydrogen-bond acceptors (Lipinski definition) is 6. The lowest BCUT2D eigenvalue weighted by Crippen LogP contribution is -2.44. The van der Waals surface area contributed by atoms with Gasteiger partial charge in [-0.15, -0.1) is 11.8 Å². The molecular formula is C19H22O5S. The number of ether oxygens (including phenoxy) is 2. The number of Topliss-reactive ketones (excluding diaryl/α,β-unsaturated/α-hetero) is 1. The van der Waals surface area contributed by atoms with Crippen molar-refractivity contribution in [2.24, 2.45) is 23.2 Å². The predicted molar refractivity (Wildman–Crippen MR) is 93.0 cm³/mol. The van der Waals surface area contributed by atoms with E-state index in [-0.39, 0.29) is 23.5 Å². The molecule has 0 bridgehead atoms. The first-order valence-corrected chi connectivity index (χ1v) is 9.40. The minimum Gasteiger partial charge on any atom is -0.468 e. The Hall–Kier alpha value is -1.82. The molecule has 6 heteroatoms. The number of thioether (sulfide) groups is 1. The summed E-state index contributed by atoms with van der Waals surface area (Å²) in [5.74, 6) is -0.933. The van der Waals surface area contributed by atoms with Crippen LogP contribution in [0.5, 0.6) is 0 Å². The molecule has 2 aliphatic carbocycles. The third-order valence-corrected chi connectivity index (χ3v) is 6.74. The first-order chi connectivity index (χ1) is 12.0. The first-order valence-electron chi connectivity index (χ1n) is 8.42. The fourth-order valence-corrected chi connectivity index (χ4v) is 5.59. The molecule has 1 aromatic rings. The van der Waals surface area contributed by atoms with Gasteiger partial charge in [-0.25, -0.2) is 0 Å². The molecule has 3 atom stereocenters. The minimum atomic E-state index is -1.34. The van der Waals surface area contributed by atoms with E-state index in [2.05, 4.69) is 0 Å². The van der Waals surface area contributed by atoms with Crippen molar-refractivity contribution in [3.05, 3.63) is 30.3 Å². The highest BCUT2D eigenvalue weighted by Crippen LogP contribution is 2.58. The lowest BCUT2D eigenvalue weighted by atomic mass is 9.76. The van der Waals surface area contributed by atoms with Crippen LogP contribution < -0.4 is 0 Å². The molecule has 3 rings (SSSR count). The number of hydrogen-bond donors (Lipinski definition) is 0. The maximum atomic E-state index is 12.6. The number of esters is 2.